The highest BCUT2D eigenvalue weighted by molar-refractivity contribution is 9.10. The molecule has 0 aromatic heterocycles. The summed E-state index contributed by atoms with van der Waals surface area (Å²) >= 11 is 3.40. The Morgan fingerprint density at radius 1 is 0.939 bits per heavy atom. The third kappa shape index (κ3) is 5.98. The van der Waals surface area contributed by atoms with E-state index in [2.05, 4.69) is 20.8 Å². The molecule has 33 heavy (non-hydrogen) atoms. The zero-order valence-corrected chi connectivity index (χ0v) is 20.2. The van der Waals surface area contributed by atoms with Crippen LogP contribution in [-0.4, -0.2) is 40.5 Å². The van der Waals surface area contributed by atoms with Crippen molar-refractivity contribution >= 4 is 21.7 Å². The molecule has 0 radical (unpaired) electrons. The minimum atomic E-state index is -0.893. The molecule has 0 spiro atoms. The van der Waals surface area contributed by atoms with Gasteiger partial charge in [0.1, 0.15) is 6.10 Å². The van der Waals surface area contributed by atoms with Crippen molar-refractivity contribution in [1.82, 2.24) is 4.90 Å². The van der Waals surface area contributed by atoms with E-state index < -0.39 is 11.7 Å². The maximum atomic E-state index is 12.4. The molecule has 172 valence electrons. The van der Waals surface area contributed by atoms with Crippen LogP contribution in [0.5, 0.6) is 0 Å². The van der Waals surface area contributed by atoms with Crippen molar-refractivity contribution in [3.63, 3.8) is 0 Å². The van der Waals surface area contributed by atoms with E-state index in [9.17, 15) is 15.0 Å². The molecule has 1 atom stereocenters. The summed E-state index contributed by atoms with van der Waals surface area (Å²) < 4.78 is 0.972. The average molecular weight is 508 g/mol. The van der Waals surface area contributed by atoms with Gasteiger partial charge in [-0.2, -0.15) is 0 Å². The second-order valence-corrected chi connectivity index (χ2v) is 9.76. The average Bonchev–Trinajstić information content (AvgIpc) is 2.86. The van der Waals surface area contributed by atoms with E-state index >= 15 is 0 Å². The molecule has 0 amide bonds. The minimum Gasteiger partial charge on any atom is -0.385 e. The minimum absolute atomic E-state index is 0.171. The number of Topliss-reactive ketones (excluding diaryl/α,β-unsaturated/α-hetero) is 1. The SMILES string of the molecule is O=C(CCCN1CCC(O)(c2cccc(C(O)c3ccccc3)c2)CC1)c1ccc(Br)cc1. The van der Waals surface area contributed by atoms with E-state index in [1.165, 1.54) is 0 Å². The number of nitrogens with zero attached hydrogens (tertiary/aromatic N) is 1. The van der Waals surface area contributed by atoms with E-state index in [0.717, 1.165) is 52.8 Å². The highest BCUT2D eigenvalue weighted by Gasteiger charge is 2.34. The Balaban J connectivity index is 1.30. The van der Waals surface area contributed by atoms with Gasteiger partial charge >= 0.3 is 0 Å². The molecule has 1 unspecified atom stereocenters. The molecule has 1 saturated heterocycles. The fraction of sp³-hybridized carbons (Fsp3) is 0.321. The van der Waals surface area contributed by atoms with Crippen LogP contribution in [-0.2, 0) is 5.60 Å². The molecule has 4 nitrogen and oxygen atoms in total. The lowest BCUT2D eigenvalue weighted by molar-refractivity contribution is -0.0261. The normalized spacial score (nSPS) is 16.9. The monoisotopic (exact) mass is 507 g/mol. The number of hydrogen-bond acceptors (Lipinski definition) is 4. The van der Waals surface area contributed by atoms with Gasteiger partial charge in [-0.1, -0.05) is 76.6 Å². The van der Waals surface area contributed by atoms with Crippen molar-refractivity contribution < 1.29 is 15.0 Å². The van der Waals surface area contributed by atoms with Crippen LogP contribution in [0.25, 0.3) is 0 Å². The molecule has 1 heterocycles. The number of aliphatic hydroxyl groups is 2. The fourth-order valence-electron chi connectivity index (χ4n) is 4.50. The Morgan fingerprint density at radius 3 is 2.30 bits per heavy atom. The number of halogens is 1. The summed E-state index contributed by atoms with van der Waals surface area (Å²) in [6.07, 6.45) is 1.91. The van der Waals surface area contributed by atoms with Crippen LogP contribution in [0, 0.1) is 0 Å². The number of aliphatic hydroxyl groups excluding tert-OH is 1. The molecule has 1 aliphatic rings. The van der Waals surface area contributed by atoms with Crippen LogP contribution in [0.3, 0.4) is 0 Å². The van der Waals surface area contributed by atoms with E-state index in [-0.39, 0.29) is 5.78 Å². The van der Waals surface area contributed by atoms with E-state index in [4.69, 9.17) is 0 Å². The van der Waals surface area contributed by atoms with Gasteiger partial charge in [0.15, 0.2) is 5.78 Å². The Labute approximate surface area is 204 Å². The topological polar surface area (TPSA) is 60.8 Å². The fourth-order valence-corrected chi connectivity index (χ4v) is 4.77. The summed E-state index contributed by atoms with van der Waals surface area (Å²) in [7, 11) is 0. The zero-order valence-electron chi connectivity index (χ0n) is 18.7. The molecule has 1 aliphatic heterocycles. The van der Waals surface area contributed by atoms with Crippen molar-refractivity contribution in [2.24, 2.45) is 0 Å². The largest absolute Gasteiger partial charge is 0.385 e. The maximum Gasteiger partial charge on any atom is 0.162 e. The van der Waals surface area contributed by atoms with Crippen LogP contribution in [0.15, 0.2) is 83.3 Å². The number of ketones is 1. The highest BCUT2D eigenvalue weighted by atomic mass is 79.9. The Bertz CT molecular complexity index is 1060. The molecule has 0 saturated carbocycles. The van der Waals surface area contributed by atoms with Gasteiger partial charge in [0.25, 0.3) is 0 Å². The first-order valence-corrected chi connectivity index (χ1v) is 12.3. The molecular weight excluding hydrogens is 478 g/mol. The predicted molar refractivity (Wildman–Crippen MR) is 134 cm³/mol. The lowest BCUT2D eigenvalue weighted by Gasteiger charge is -2.38. The van der Waals surface area contributed by atoms with E-state index in [1.54, 1.807) is 0 Å². The van der Waals surface area contributed by atoms with Crippen LogP contribution < -0.4 is 0 Å². The Morgan fingerprint density at radius 2 is 1.61 bits per heavy atom. The quantitative estimate of drug-likeness (QED) is 0.396. The second kappa shape index (κ2) is 10.7. The van der Waals surface area contributed by atoms with Crippen molar-refractivity contribution in [2.45, 2.75) is 37.4 Å². The van der Waals surface area contributed by atoms with Crippen LogP contribution in [0.4, 0.5) is 0 Å². The summed E-state index contributed by atoms with van der Waals surface area (Å²) in [5.74, 6) is 0.171. The second-order valence-electron chi connectivity index (χ2n) is 8.85. The number of benzene rings is 3. The van der Waals surface area contributed by atoms with Crippen LogP contribution in [0.2, 0.25) is 0 Å². The molecule has 0 bridgehead atoms. The first kappa shape index (κ1) is 23.8. The number of rotatable bonds is 8. The van der Waals surface area contributed by atoms with Gasteiger partial charge in [-0.15, -0.1) is 0 Å². The molecule has 3 aromatic rings. The standard InChI is InChI=1S/C28H30BrNO3/c29-25-13-11-21(12-14-25)26(31)10-5-17-30-18-15-28(33,16-19-30)24-9-4-8-23(20-24)27(32)22-6-2-1-3-7-22/h1-4,6-9,11-14,20,27,32-33H,5,10,15-19H2. The predicted octanol–water partition coefficient (Wildman–Crippen LogP) is 5.48. The third-order valence-corrected chi connectivity index (χ3v) is 7.11. The molecular formula is C28H30BrNO3. The molecule has 2 N–H and O–H groups in total. The smallest absolute Gasteiger partial charge is 0.162 e. The van der Waals surface area contributed by atoms with E-state index in [1.807, 2.05) is 78.9 Å². The summed E-state index contributed by atoms with van der Waals surface area (Å²) in [6, 6.07) is 24.8. The lowest BCUT2D eigenvalue weighted by Crippen LogP contribution is -2.43. The van der Waals surface area contributed by atoms with Gasteiger partial charge in [0.2, 0.25) is 0 Å². The van der Waals surface area contributed by atoms with Crippen molar-refractivity contribution in [2.75, 3.05) is 19.6 Å². The van der Waals surface area contributed by atoms with Gasteiger partial charge in [0, 0.05) is 29.5 Å². The van der Waals surface area contributed by atoms with Crippen molar-refractivity contribution in [3.05, 3.63) is 106 Å². The number of hydrogen-bond donors (Lipinski definition) is 2. The maximum absolute atomic E-state index is 12.4. The third-order valence-electron chi connectivity index (χ3n) is 6.58. The van der Waals surface area contributed by atoms with E-state index in [0.29, 0.717) is 19.3 Å². The summed E-state index contributed by atoms with van der Waals surface area (Å²) in [5, 5.41) is 22.1. The summed E-state index contributed by atoms with van der Waals surface area (Å²) in [4.78, 5) is 14.7. The Hall–Kier alpha value is -2.31. The molecule has 5 heteroatoms. The van der Waals surface area contributed by atoms with Gasteiger partial charge in [-0.25, -0.2) is 0 Å². The van der Waals surface area contributed by atoms with Crippen LogP contribution in [0.1, 0.15) is 58.8 Å². The molecule has 3 aromatic carbocycles. The lowest BCUT2D eigenvalue weighted by atomic mass is 9.83. The van der Waals surface area contributed by atoms with Crippen molar-refractivity contribution in [3.8, 4) is 0 Å². The highest BCUT2D eigenvalue weighted by Crippen LogP contribution is 2.35. The van der Waals surface area contributed by atoms with Crippen molar-refractivity contribution in [1.29, 1.82) is 0 Å². The number of carbonyl (C=O) groups excluding carboxylic acids is 1. The van der Waals surface area contributed by atoms with Gasteiger partial charge in [-0.05, 0) is 60.7 Å². The number of likely N-dealkylation sites (tertiary alicyclic amines) is 1. The summed E-state index contributed by atoms with van der Waals surface area (Å²) in [6.45, 7) is 2.42. The Kier molecular flexibility index (Phi) is 7.76. The molecule has 1 fully saturated rings. The zero-order chi connectivity index (χ0) is 23.3. The van der Waals surface area contributed by atoms with Gasteiger partial charge < -0.3 is 15.1 Å². The molecule has 4 rings (SSSR count). The molecule has 0 aliphatic carbocycles. The summed E-state index contributed by atoms with van der Waals surface area (Å²) in [5.41, 5.74) is 2.36. The first-order valence-electron chi connectivity index (χ1n) is 11.5. The number of piperidine rings is 1. The van der Waals surface area contributed by atoms with Crippen LogP contribution >= 0.6 is 15.9 Å². The first-order chi connectivity index (χ1) is 15.9. The van der Waals surface area contributed by atoms with Gasteiger partial charge in [0.05, 0.1) is 5.60 Å². The number of carbonyl (C=O) groups is 1. The van der Waals surface area contributed by atoms with Gasteiger partial charge in [-0.3, -0.25) is 4.79 Å².